The van der Waals surface area contributed by atoms with Crippen LogP contribution < -0.4 is 31.2 Å². The van der Waals surface area contributed by atoms with Crippen LogP contribution in [0.25, 0.3) is 0 Å². The van der Waals surface area contributed by atoms with Crippen molar-refractivity contribution in [1.82, 2.24) is 21.7 Å². The van der Waals surface area contributed by atoms with Crippen LogP contribution in [0.4, 0.5) is 0 Å². The van der Waals surface area contributed by atoms with Crippen LogP contribution in [-0.4, -0.2) is 36.8 Å². The predicted octanol–water partition coefficient (Wildman–Crippen LogP) is 5.00. The van der Waals surface area contributed by atoms with Crippen LogP contribution >= 0.6 is 55.1 Å². The second kappa shape index (κ2) is 17.9. The summed E-state index contributed by atoms with van der Waals surface area (Å²) in [5.74, 6) is -0.942. The Labute approximate surface area is 253 Å². The van der Waals surface area contributed by atoms with Gasteiger partial charge in [-0.2, -0.15) is 0 Å². The van der Waals surface area contributed by atoms with Gasteiger partial charge in [-0.1, -0.05) is 74.3 Å². The van der Waals surface area contributed by atoms with E-state index in [1.807, 2.05) is 0 Å². The topological polar surface area (TPSA) is 135 Å². The van der Waals surface area contributed by atoms with Gasteiger partial charge in [-0.25, -0.2) is 0 Å². The minimum atomic E-state index is -0.515. The number of carbonyl (C=O) groups is 4. The maximum absolute atomic E-state index is 11.9. The Hall–Kier alpha value is -2.54. The van der Waals surface area contributed by atoms with E-state index in [-0.39, 0.29) is 37.9 Å². The second-order valence-electron chi connectivity index (χ2n) is 8.19. The van der Waals surface area contributed by atoms with Crippen molar-refractivity contribution < 1.29 is 28.7 Å². The largest absolute Gasteiger partial charge is 0.482 e. The first-order chi connectivity index (χ1) is 18.6. The Kier molecular flexibility index (Phi) is 15.0. The number of nitrogens with one attached hydrogen (secondary N) is 4. The van der Waals surface area contributed by atoms with Crippen LogP contribution in [0, 0.1) is 0 Å². The van der Waals surface area contributed by atoms with Crippen LogP contribution in [0.2, 0.25) is 10.0 Å². The molecule has 0 radical (unpaired) electrons. The summed E-state index contributed by atoms with van der Waals surface area (Å²) in [6.45, 7) is -0.596. The summed E-state index contributed by atoms with van der Waals surface area (Å²) in [7, 11) is 0. The number of benzene rings is 2. The number of hydrogen-bond acceptors (Lipinski definition) is 6. The fraction of sp³-hybridized carbons (Fsp3) is 0.360. The summed E-state index contributed by atoms with van der Waals surface area (Å²) in [5.41, 5.74) is 9.27. The predicted molar refractivity (Wildman–Crippen MR) is 154 cm³/mol. The van der Waals surface area contributed by atoms with Crippen LogP contribution in [0.5, 0.6) is 11.5 Å². The number of hydrazine groups is 2. The van der Waals surface area contributed by atoms with Crippen molar-refractivity contribution in [2.24, 2.45) is 0 Å². The lowest BCUT2D eigenvalue weighted by Crippen LogP contribution is -2.43. The van der Waals surface area contributed by atoms with Gasteiger partial charge in [0.2, 0.25) is 11.8 Å². The van der Waals surface area contributed by atoms with E-state index in [2.05, 4.69) is 53.6 Å². The van der Waals surface area contributed by atoms with Gasteiger partial charge < -0.3 is 9.47 Å². The Balaban J connectivity index is 1.44. The standard InChI is InChI=1S/C25H28Br2Cl2N4O6/c26-16-8-10-20(18(28)12-16)38-14-24(36)32-30-22(34)6-4-2-1-3-5-7-23(35)31-33-25(37)15-39-21-11-9-17(27)13-19(21)29/h8-13H,1-7,14-15H2,(H,30,34)(H,31,35)(H,32,36)(H,33,37). The Bertz CT molecular complexity index is 1070. The van der Waals surface area contributed by atoms with Crippen molar-refractivity contribution in [2.45, 2.75) is 44.9 Å². The first-order valence-electron chi connectivity index (χ1n) is 11.9. The van der Waals surface area contributed by atoms with Crippen molar-refractivity contribution in [1.29, 1.82) is 0 Å². The number of rotatable bonds is 14. The second-order valence-corrected chi connectivity index (χ2v) is 10.8. The average molecular weight is 711 g/mol. The van der Waals surface area contributed by atoms with Crippen molar-refractivity contribution in [3.63, 3.8) is 0 Å². The molecule has 2 aromatic carbocycles. The molecular formula is C25H28Br2Cl2N4O6. The molecular weight excluding hydrogens is 683 g/mol. The molecule has 0 atom stereocenters. The lowest BCUT2D eigenvalue weighted by Gasteiger charge is -2.10. The summed E-state index contributed by atoms with van der Waals surface area (Å²) >= 11 is 18.6. The fourth-order valence-corrected chi connectivity index (χ4v) is 4.50. The number of ether oxygens (including phenoxy) is 2. The average Bonchev–Trinajstić information content (AvgIpc) is 2.89. The highest BCUT2D eigenvalue weighted by molar-refractivity contribution is 9.10. The molecule has 0 unspecified atom stereocenters. The molecule has 14 heteroatoms. The van der Waals surface area contributed by atoms with Gasteiger partial charge in [0.1, 0.15) is 11.5 Å². The molecule has 0 heterocycles. The Morgan fingerprint density at radius 2 is 0.949 bits per heavy atom. The minimum absolute atomic E-state index is 0.250. The van der Waals surface area contributed by atoms with Gasteiger partial charge in [-0.15, -0.1) is 0 Å². The van der Waals surface area contributed by atoms with Crippen LogP contribution in [0.1, 0.15) is 44.9 Å². The maximum Gasteiger partial charge on any atom is 0.276 e. The van der Waals surface area contributed by atoms with Gasteiger partial charge in [-0.05, 0) is 49.2 Å². The number of unbranched alkanes of at least 4 members (excludes halogenated alkanes) is 4. The SMILES string of the molecule is O=C(CCCCCCCC(=O)NNC(=O)COc1ccc(Br)cc1Cl)NNC(=O)COc1ccc(Br)cc1Cl. The van der Waals surface area contributed by atoms with Crippen LogP contribution in [0.15, 0.2) is 45.3 Å². The molecule has 0 aliphatic rings. The smallest absolute Gasteiger partial charge is 0.276 e. The van der Waals surface area contributed by atoms with Gasteiger partial charge in [0.05, 0.1) is 10.0 Å². The summed E-state index contributed by atoms with van der Waals surface area (Å²) in [6, 6.07) is 10.0. The van der Waals surface area contributed by atoms with E-state index < -0.39 is 11.8 Å². The molecule has 39 heavy (non-hydrogen) atoms. The molecule has 0 bridgehead atoms. The summed E-state index contributed by atoms with van der Waals surface area (Å²) < 4.78 is 12.2. The fourth-order valence-electron chi connectivity index (χ4n) is 3.05. The highest BCUT2D eigenvalue weighted by atomic mass is 79.9. The molecule has 2 rings (SSSR count). The summed E-state index contributed by atoms with van der Waals surface area (Å²) in [5, 5.41) is 0.719. The zero-order chi connectivity index (χ0) is 28.6. The van der Waals surface area contributed by atoms with E-state index in [4.69, 9.17) is 32.7 Å². The number of hydrogen-bond donors (Lipinski definition) is 4. The monoisotopic (exact) mass is 708 g/mol. The molecule has 10 nitrogen and oxygen atoms in total. The third kappa shape index (κ3) is 13.9. The summed E-state index contributed by atoms with van der Waals surface area (Å²) in [4.78, 5) is 47.4. The molecule has 0 saturated carbocycles. The van der Waals surface area contributed by atoms with E-state index >= 15 is 0 Å². The molecule has 0 aliphatic carbocycles. The molecule has 2 aromatic rings. The zero-order valence-electron chi connectivity index (χ0n) is 20.8. The quantitative estimate of drug-likeness (QED) is 0.161. The molecule has 0 aromatic heterocycles. The molecule has 212 valence electrons. The van der Waals surface area contributed by atoms with E-state index in [0.717, 1.165) is 28.2 Å². The van der Waals surface area contributed by atoms with E-state index in [0.29, 0.717) is 34.4 Å². The molecule has 4 amide bonds. The van der Waals surface area contributed by atoms with Gasteiger partial charge >= 0.3 is 0 Å². The molecule has 0 saturated heterocycles. The first-order valence-corrected chi connectivity index (χ1v) is 14.3. The van der Waals surface area contributed by atoms with Gasteiger partial charge in [-0.3, -0.25) is 40.9 Å². The van der Waals surface area contributed by atoms with Crippen LogP contribution in [-0.2, 0) is 19.2 Å². The molecule has 0 spiro atoms. The van der Waals surface area contributed by atoms with E-state index in [1.54, 1.807) is 36.4 Å². The number of amides is 4. The van der Waals surface area contributed by atoms with Crippen molar-refractivity contribution in [3.8, 4) is 11.5 Å². The van der Waals surface area contributed by atoms with E-state index in [1.165, 1.54) is 0 Å². The molecule has 4 N–H and O–H groups in total. The van der Waals surface area contributed by atoms with Crippen molar-refractivity contribution >= 4 is 78.7 Å². The molecule has 0 fully saturated rings. The maximum atomic E-state index is 11.9. The lowest BCUT2D eigenvalue weighted by atomic mass is 10.1. The lowest BCUT2D eigenvalue weighted by molar-refractivity contribution is -0.130. The minimum Gasteiger partial charge on any atom is -0.482 e. The van der Waals surface area contributed by atoms with Crippen molar-refractivity contribution in [3.05, 3.63) is 55.4 Å². The molecule has 0 aliphatic heterocycles. The van der Waals surface area contributed by atoms with Gasteiger partial charge in [0, 0.05) is 21.8 Å². The first kappa shape index (κ1) is 32.7. The third-order valence-corrected chi connectivity index (χ3v) is 6.57. The van der Waals surface area contributed by atoms with Gasteiger partial charge in [0.15, 0.2) is 13.2 Å². The summed E-state index contributed by atoms with van der Waals surface area (Å²) in [6.07, 6.45) is 4.19. The highest BCUT2D eigenvalue weighted by Crippen LogP contribution is 2.28. The highest BCUT2D eigenvalue weighted by Gasteiger charge is 2.10. The zero-order valence-corrected chi connectivity index (χ0v) is 25.5. The Morgan fingerprint density at radius 3 is 1.33 bits per heavy atom. The normalized spacial score (nSPS) is 10.4. The third-order valence-electron chi connectivity index (χ3n) is 5.00. The number of carbonyl (C=O) groups excluding carboxylic acids is 4. The van der Waals surface area contributed by atoms with Gasteiger partial charge in [0.25, 0.3) is 11.8 Å². The van der Waals surface area contributed by atoms with Crippen molar-refractivity contribution in [2.75, 3.05) is 13.2 Å². The number of halogens is 4. The van der Waals surface area contributed by atoms with E-state index in [9.17, 15) is 19.2 Å². The Morgan fingerprint density at radius 1 is 0.590 bits per heavy atom. The van der Waals surface area contributed by atoms with Crippen LogP contribution in [0.3, 0.4) is 0 Å².